The zero-order chi connectivity index (χ0) is 12.4. The van der Waals surface area contributed by atoms with Gasteiger partial charge in [0.15, 0.2) is 5.55 Å². The zero-order valence-electron chi connectivity index (χ0n) is 8.67. The van der Waals surface area contributed by atoms with E-state index in [0.717, 1.165) is 0 Å². The first-order chi connectivity index (χ1) is 8.06. The number of nitrogens with one attached hydrogen (secondary N) is 1. The Hall–Kier alpha value is -2.63. The molecule has 6 heteroatoms. The van der Waals surface area contributed by atoms with Crippen molar-refractivity contribution in [2.45, 2.75) is 0 Å². The van der Waals surface area contributed by atoms with Crippen LogP contribution in [-0.4, -0.2) is 9.91 Å². The van der Waals surface area contributed by atoms with Gasteiger partial charge in [0.25, 0.3) is 5.69 Å². The molecule has 0 bridgehead atoms. The van der Waals surface area contributed by atoms with Gasteiger partial charge in [-0.25, -0.2) is 4.79 Å². The lowest BCUT2D eigenvalue weighted by atomic mass is 10.2. The fourth-order valence-corrected chi connectivity index (χ4v) is 1.35. The summed E-state index contributed by atoms with van der Waals surface area (Å²) in [6.07, 6.45) is 1.53. The minimum Gasteiger partial charge on any atom is -0.405 e. The van der Waals surface area contributed by atoms with Crippen molar-refractivity contribution < 1.29 is 9.34 Å². The topological polar surface area (TPSA) is 89.1 Å². The molecular formula is C11H8N2O4. The molecule has 0 unspecified atom stereocenters. The Balaban J connectivity index is 2.46. The highest BCUT2D eigenvalue weighted by atomic mass is 16.6. The number of hydrogen-bond acceptors (Lipinski definition) is 4. The van der Waals surface area contributed by atoms with Gasteiger partial charge in [0, 0.05) is 12.1 Å². The van der Waals surface area contributed by atoms with Crippen LogP contribution in [0.3, 0.4) is 0 Å². The van der Waals surface area contributed by atoms with E-state index in [9.17, 15) is 14.9 Å². The fourth-order valence-electron chi connectivity index (χ4n) is 1.35. The lowest BCUT2D eigenvalue weighted by Crippen LogP contribution is -2.20. The van der Waals surface area contributed by atoms with Crippen LogP contribution in [0.15, 0.2) is 33.5 Å². The number of oxazole rings is 1. The number of benzene rings is 1. The summed E-state index contributed by atoms with van der Waals surface area (Å²) in [5, 5.41) is 10.7. The van der Waals surface area contributed by atoms with Crippen LogP contribution in [0.25, 0.3) is 12.7 Å². The first-order valence-corrected chi connectivity index (χ1v) is 4.70. The molecular weight excluding hydrogens is 224 g/mol. The van der Waals surface area contributed by atoms with E-state index in [4.69, 9.17) is 0 Å². The Bertz CT molecular complexity index is 709. The highest BCUT2D eigenvalue weighted by Gasteiger charge is 2.03. The molecule has 0 radical (unpaired) electrons. The number of nitro groups is 1. The van der Waals surface area contributed by atoms with Gasteiger partial charge in [-0.3, -0.25) is 10.1 Å². The molecule has 86 valence electrons. The third-order valence-electron chi connectivity index (χ3n) is 2.12. The quantitative estimate of drug-likeness (QED) is 0.588. The van der Waals surface area contributed by atoms with E-state index in [1.54, 1.807) is 12.1 Å². The van der Waals surface area contributed by atoms with Gasteiger partial charge in [0.2, 0.25) is 0 Å². The summed E-state index contributed by atoms with van der Waals surface area (Å²) in [5.74, 6) is 0. The second kappa shape index (κ2) is 4.09. The van der Waals surface area contributed by atoms with Crippen LogP contribution in [0.1, 0.15) is 5.56 Å². The highest BCUT2D eigenvalue weighted by molar-refractivity contribution is 5.50. The van der Waals surface area contributed by atoms with Crippen molar-refractivity contribution in [3.63, 3.8) is 0 Å². The third kappa shape index (κ3) is 2.31. The summed E-state index contributed by atoms with van der Waals surface area (Å²) >= 11 is 0. The number of rotatable bonds is 2. The average Bonchev–Trinajstić information content (AvgIpc) is 2.58. The second-order valence-corrected chi connectivity index (χ2v) is 3.34. The maximum Gasteiger partial charge on any atom is 0.361 e. The van der Waals surface area contributed by atoms with Gasteiger partial charge in [-0.1, -0.05) is 0 Å². The molecule has 0 aliphatic rings. The van der Waals surface area contributed by atoms with Crippen molar-refractivity contribution in [2.24, 2.45) is 0 Å². The van der Waals surface area contributed by atoms with Gasteiger partial charge in [0.05, 0.1) is 4.92 Å². The monoisotopic (exact) mass is 232 g/mol. The van der Waals surface area contributed by atoms with E-state index in [0.29, 0.717) is 5.56 Å². The number of nitrogens with zero attached hydrogens (tertiary/aromatic N) is 1. The van der Waals surface area contributed by atoms with Gasteiger partial charge in [-0.05, 0) is 30.4 Å². The second-order valence-electron chi connectivity index (χ2n) is 3.34. The Kier molecular flexibility index (Phi) is 2.61. The zero-order valence-corrected chi connectivity index (χ0v) is 8.67. The predicted octanol–water partition coefficient (Wildman–Crippen LogP) is 0.115. The molecule has 2 rings (SSSR count). The van der Waals surface area contributed by atoms with Crippen molar-refractivity contribution in [1.29, 1.82) is 0 Å². The third-order valence-corrected chi connectivity index (χ3v) is 2.12. The fraction of sp³-hybridized carbons (Fsp3) is 0. The normalized spacial score (nSPS) is 11.6. The van der Waals surface area contributed by atoms with Crippen LogP contribution < -0.4 is 16.5 Å². The van der Waals surface area contributed by atoms with Crippen molar-refractivity contribution in [3.8, 4) is 0 Å². The molecule has 1 N–H and O–H groups in total. The van der Waals surface area contributed by atoms with Crippen LogP contribution in [0, 0.1) is 10.1 Å². The number of aromatic amines is 1. The Morgan fingerprint density at radius 3 is 2.47 bits per heavy atom. The van der Waals surface area contributed by atoms with Crippen LogP contribution in [0.4, 0.5) is 5.69 Å². The molecule has 0 atom stereocenters. The first-order valence-electron chi connectivity index (χ1n) is 4.70. The summed E-state index contributed by atoms with van der Waals surface area (Å²) in [7, 11) is 0. The largest absolute Gasteiger partial charge is 0.405 e. The molecule has 0 aliphatic heterocycles. The molecule has 1 aromatic carbocycles. The minimum atomic E-state index is -0.520. The standard InChI is InChI=1S/C11H8N2O4/c1-7-12-10(11(14)17-7)6-8-2-4-9(5-3-8)13(15)16/h2-6,12H,1H2. The van der Waals surface area contributed by atoms with Crippen LogP contribution in [0.2, 0.25) is 0 Å². The van der Waals surface area contributed by atoms with E-state index < -0.39 is 10.5 Å². The SMILES string of the molecule is C=c1[nH]c(=Cc2ccc([N+](=O)[O-])cc2)c(=O)o1. The lowest BCUT2D eigenvalue weighted by molar-refractivity contribution is -0.384. The van der Waals surface area contributed by atoms with Crippen LogP contribution in [-0.2, 0) is 0 Å². The molecule has 6 nitrogen and oxygen atoms in total. The van der Waals surface area contributed by atoms with Gasteiger partial charge >= 0.3 is 5.63 Å². The Morgan fingerprint density at radius 2 is 2.00 bits per heavy atom. The Labute approximate surface area is 94.7 Å². The maximum absolute atomic E-state index is 11.2. The molecule has 1 heterocycles. The molecule has 0 amide bonds. The van der Waals surface area contributed by atoms with Crippen molar-refractivity contribution >= 4 is 18.3 Å². The molecule has 0 spiro atoms. The Morgan fingerprint density at radius 1 is 1.35 bits per heavy atom. The molecule has 17 heavy (non-hydrogen) atoms. The summed E-state index contributed by atoms with van der Waals surface area (Å²) in [4.78, 5) is 23.9. The van der Waals surface area contributed by atoms with Crippen molar-refractivity contribution in [1.82, 2.24) is 4.98 Å². The summed E-state index contributed by atoms with van der Waals surface area (Å²) < 4.78 is 4.69. The number of H-pyrrole nitrogens is 1. The average molecular weight is 232 g/mol. The molecule has 0 saturated heterocycles. The smallest absolute Gasteiger partial charge is 0.361 e. The first kappa shape index (κ1) is 10.9. The van der Waals surface area contributed by atoms with E-state index in [1.165, 1.54) is 18.2 Å². The van der Waals surface area contributed by atoms with Gasteiger partial charge in [-0.15, -0.1) is 0 Å². The molecule has 2 aromatic rings. The number of aromatic nitrogens is 1. The minimum absolute atomic E-state index is 0.00137. The summed E-state index contributed by atoms with van der Waals surface area (Å²) in [6, 6.07) is 5.81. The predicted molar refractivity (Wildman–Crippen MR) is 60.8 cm³/mol. The van der Waals surface area contributed by atoms with Crippen molar-refractivity contribution in [3.05, 3.63) is 61.3 Å². The highest BCUT2D eigenvalue weighted by Crippen LogP contribution is 2.11. The lowest BCUT2D eigenvalue weighted by Gasteiger charge is -1.92. The molecule has 0 saturated carbocycles. The van der Waals surface area contributed by atoms with Gasteiger partial charge in [-0.2, -0.15) is 0 Å². The van der Waals surface area contributed by atoms with Gasteiger partial charge < -0.3 is 9.40 Å². The van der Waals surface area contributed by atoms with E-state index in [1.807, 2.05) is 0 Å². The molecule has 0 aliphatic carbocycles. The van der Waals surface area contributed by atoms with Crippen molar-refractivity contribution in [2.75, 3.05) is 0 Å². The van der Waals surface area contributed by atoms with Crippen LogP contribution >= 0.6 is 0 Å². The maximum atomic E-state index is 11.2. The molecule has 0 fully saturated rings. The van der Waals surface area contributed by atoms with E-state index in [2.05, 4.69) is 16.0 Å². The van der Waals surface area contributed by atoms with Gasteiger partial charge in [0.1, 0.15) is 5.35 Å². The summed E-state index contributed by atoms with van der Waals surface area (Å²) in [5.41, 5.74) is 0.305. The van der Waals surface area contributed by atoms with Crippen LogP contribution in [0.5, 0.6) is 0 Å². The summed E-state index contributed by atoms with van der Waals surface area (Å²) in [6.45, 7) is 3.45. The number of non-ortho nitro benzene ring substituents is 1. The molecule has 1 aromatic heterocycles. The van der Waals surface area contributed by atoms with E-state index in [-0.39, 0.29) is 16.6 Å². The number of hydrogen-bond donors (Lipinski definition) is 1. The number of nitro benzene ring substituents is 1. The van der Waals surface area contributed by atoms with E-state index >= 15 is 0 Å².